The van der Waals surface area contributed by atoms with Crippen molar-refractivity contribution in [1.82, 2.24) is 9.55 Å². The summed E-state index contributed by atoms with van der Waals surface area (Å²) < 4.78 is 7.26. The molecule has 20 heavy (non-hydrogen) atoms. The van der Waals surface area contributed by atoms with Crippen LogP contribution in [0.5, 0.6) is 0 Å². The lowest BCUT2D eigenvalue weighted by Crippen LogP contribution is -2.14. The fraction of sp³-hybridized carbons (Fsp3) is 0.533. The normalized spacial score (nSPS) is 12.6. The SMILES string of the molecule is COCCCNc1nccn1C(C)Cc1ccc(C)s1. The van der Waals surface area contributed by atoms with Crippen molar-refractivity contribution in [2.24, 2.45) is 0 Å². The van der Waals surface area contributed by atoms with Crippen molar-refractivity contribution in [2.75, 3.05) is 25.6 Å². The number of hydrogen-bond donors (Lipinski definition) is 1. The molecule has 0 aliphatic rings. The summed E-state index contributed by atoms with van der Waals surface area (Å²) in [6.07, 6.45) is 5.93. The summed E-state index contributed by atoms with van der Waals surface area (Å²) in [5.41, 5.74) is 0. The van der Waals surface area contributed by atoms with Gasteiger partial charge in [0.15, 0.2) is 0 Å². The van der Waals surface area contributed by atoms with E-state index in [1.165, 1.54) is 9.75 Å². The average Bonchev–Trinajstić information content (AvgIpc) is 3.04. The van der Waals surface area contributed by atoms with Gasteiger partial charge >= 0.3 is 0 Å². The number of aromatic nitrogens is 2. The van der Waals surface area contributed by atoms with Gasteiger partial charge in [-0.15, -0.1) is 11.3 Å². The number of imidazole rings is 1. The molecule has 0 amide bonds. The van der Waals surface area contributed by atoms with E-state index >= 15 is 0 Å². The van der Waals surface area contributed by atoms with Crippen LogP contribution in [0.2, 0.25) is 0 Å². The molecule has 0 aromatic carbocycles. The lowest BCUT2D eigenvalue weighted by Gasteiger charge is -2.16. The van der Waals surface area contributed by atoms with Crippen LogP contribution >= 0.6 is 11.3 Å². The maximum atomic E-state index is 5.05. The highest BCUT2D eigenvalue weighted by atomic mass is 32.1. The van der Waals surface area contributed by atoms with Gasteiger partial charge in [-0.25, -0.2) is 4.98 Å². The van der Waals surface area contributed by atoms with Crippen molar-refractivity contribution in [3.63, 3.8) is 0 Å². The third kappa shape index (κ3) is 4.08. The minimum Gasteiger partial charge on any atom is -0.385 e. The molecule has 2 heterocycles. The van der Waals surface area contributed by atoms with E-state index in [0.29, 0.717) is 6.04 Å². The number of thiophene rings is 1. The maximum absolute atomic E-state index is 5.05. The predicted molar refractivity (Wildman–Crippen MR) is 84.7 cm³/mol. The lowest BCUT2D eigenvalue weighted by molar-refractivity contribution is 0.197. The summed E-state index contributed by atoms with van der Waals surface area (Å²) in [6, 6.07) is 4.81. The van der Waals surface area contributed by atoms with E-state index in [0.717, 1.165) is 31.9 Å². The molecule has 2 rings (SSSR count). The highest BCUT2D eigenvalue weighted by Gasteiger charge is 2.11. The number of ether oxygens (including phenoxy) is 1. The van der Waals surface area contributed by atoms with Crippen molar-refractivity contribution in [1.29, 1.82) is 0 Å². The Balaban J connectivity index is 1.92. The minimum atomic E-state index is 0.403. The van der Waals surface area contributed by atoms with Crippen molar-refractivity contribution >= 4 is 17.3 Å². The third-order valence-electron chi connectivity index (χ3n) is 3.24. The zero-order valence-electron chi connectivity index (χ0n) is 12.4. The minimum absolute atomic E-state index is 0.403. The van der Waals surface area contributed by atoms with Crippen molar-refractivity contribution in [3.8, 4) is 0 Å². The van der Waals surface area contributed by atoms with E-state index in [1.807, 2.05) is 23.7 Å². The van der Waals surface area contributed by atoms with E-state index in [9.17, 15) is 0 Å². The first-order chi connectivity index (χ1) is 9.70. The molecule has 0 aliphatic carbocycles. The summed E-state index contributed by atoms with van der Waals surface area (Å²) in [5.74, 6) is 0.946. The Bertz CT molecular complexity index is 521. The van der Waals surface area contributed by atoms with Gasteiger partial charge in [-0.05, 0) is 32.4 Å². The van der Waals surface area contributed by atoms with Crippen molar-refractivity contribution in [3.05, 3.63) is 34.3 Å². The number of nitrogens with one attached hydrogen (secondary N) is 1. The lowest BCUT2D eigenvalue weighted by atomic mass is 10.2. The molecule has 0 saturated heterocycles. The second kappa shape index (κ2) is 7.45. The van der Waals surface area contributed by atoms with Gasteiger partial charge in [-0.3, -0.25) is 0 Å². The van der Waals surface area contributed by atoms with Gasteiger partial charge in [-0.2, -0.15) is 0 Å². The van der Waals surface area contributed by atoms with Gasteiger partial charge in [0.1, 0.15) is 0 Å². The van der Waals surface area contributed by atoms with Gasteiger partial charge in [0.05, 0.1) is 0 Å². The van der Waals surface area contributed by atoms with E-state index in [2.05, 4.69) is 40.8 Å². The van der Waals surface area contributed by atoms with Crippen LogP contribution in [0.4, 0.5) is 5.95 Å². The predicted octanol–water partition coefficient (Wildman–Crippen LogP) is 3.51. The van der Waals surface area contributed by atoms with E-state index in [1.54, 1.807) is 7.11 Å². The van der Waals surface area contributed by atoms with Crippen LogP contribution in [0.1, 0.15) is 29.1 Å². The molecule has 0 bridgehead atoms. The molecule has 2 aromatic rings. The third-order valence-corrected chi connectivity index (χ3v) is 4.27. The molecule has 1 unspecified atom stereocenters. The molecular formula is C15H23N3OS. The van der Waals surface area contributed by atoms with Crippen LogP contribution in [-0.2, 0) is 11.2 Å². The highest BCUT2D eigenvalue weighted by molar-refractivity contribution is 7.11. The maximum Gasteiger partial charge on any atom is 0.203 e. The molecule has 0 saturated carbocycles. The van der Waals surface area contributed by atoms with Gasteiger partial charge in [0, 0.05) is 54.9 Å². The molecular weight excluding hydrogens is 270 g/mol. The molecule has 1 N–H and O–H groups in total. The molecule has 0 aliphatic heterocycles. The van der Waals surface area contributed by atoms with Crippen LogP contribution in [-0.4, -0.2) is 29.8 Å². The standard InChI is InChI=1S/C15H23N3OS/c1-12(11-14-6-5-13(2)20-14)18-9-8-17-15(18)16-7-4-10-19-3/h5-6,8-9,12H,4,7,10-11H2,1-3H3,(H,16,17). The van der Waals surface area contributed by atoms with E-state index in [-0.39, 0.29) is 0 Å². The molecule has 5 heteroatoms. The Kier molecular flexibility index (Phi) is 5.61. The van der Waals surface area contributed by atoms with Crippen LogP contribution < -0.4 is 5.32 Å². The van der Waals surface area contributed by atoms with Crippen LogP contribution in [0, 0.1) is 6.92 Å². The number of methoxy groups -OCH3 is 1. The highest BCUT2D eigenvalue weighted by Crippen LogP contribution is 2.23. The molecule has 110 valence electrons. The van der Waals surface area contributed by atoms with E-state index in [4.69, 9.17) is 4.74 Å². The number of nitrogens with zero attached hydrogens (tertiary/aromatic N) is 2. The molecule has 2 aromatic heterocycles. The Morgan fingerprint density at radius 3 is 3.00 bits per heavy atom. The molecule has 4 nitrogen and oxygen atoms in total. The summed E-state index contributed by atoms with van der Waals surface area (Å²) in [5, 5.41) is 3.38. The van der Waals surface area contributed by atoms with Crippen LogP contribution in [0.15, 0.2) is 24.5 Å². The Hall–Kier alpha value is -1.33. The van der Waals surface area contributed by atoms with Gasteiger partial charge in [-0.1, -0.05) is 0 Å². The van der Waals surface area contributed by atoms with Crippen molar-refractivity contribution < 1.29 is 4.74 Å². The number of hydrogen-bond acceptors (Lipinski definition) is 4. The van der Waals surface area contributed by atoms with E-state index < -0.39 is 0 Å². The number of aryl methyl sites for hydroxylation is 1. The molecule has 0 fully saturated rings. The zero-order chi connectivity index (χ0) is 14.4. The quantitative estimate of drug-likeness (QED) is 0.757. The van der Waals surface area contributed by atoms with Crippen molar-refractivity contribution in [2.45, 2.75) is 32.7 Å². The zero-order valence-corrected chi connectivity index (χ0v) is 13.2. The summed E-state index contributed by atoms with van der Waals surface area (Å²) in [7, 11) is 1.73. The Morgan fingerprint density at radius 2 is 2.30 bits per heavy atom. The second-order valence-corrected chi connectivity index (χ2v) is 6.37. The van der Waals surface area contributed by atoms with Gasteiger partial charge in [0.2, 0.25) is 5.95 Å². The monoisotopic (exact) mass is 293 g/mol. The van der Waals surface area contributed by atoms with Gasteiger partial charge < -0.3 is 14.6 Å². The first-order valence-electron chi connectivity index (χ1n) is 7.01. The smallest absolute Gasteiger partial charge is 0.203 e. The topological polar surface area (TPSA) is 39.1 Å². The Morgan fingerprint density at radius 1 is 1.45 bits per heavy atom. The summed E-state index contributed by atoms with van der Waals surface area (Å²) in [6.45, 7) is 6.04. The van der Waals surface area contributed by atoms with Crippen LogP contribution in [0.3, 0.4) is 0 Å². The largest absolute Gasteiger partial charge is 0.385 e. The molecule has 0 radical (unpaired) electrons. The summed E-state index contributed by atoms with van der Waals surface area (Å²) >= 11 is 1.87. The molecule has 1 atom stereocenters. The fourth-order valence-electron chi connectivity index (χ4n) is 2.21. The second-order valence-electron chi connectivity index (χ2n) is 5.00. The van der Waals surface area contributed by atoms with Gasteiger partial charge in [0.25, 0.3) is 0 Å². The average molecular weight is 293 g/mol. The number of rotatable bonds is 8. The Labute approximate surface area is 124 Å². The number of anilines is 1. The fourth-order valence-corrected chi connectivity index (χ4v) is 3.22. The summed E-state index contributed by atoms with van der Waals surface area (Å²) in [4.78, 5) is 7.19. The van der Waals surface area contributed by atoms with Crippen LogP contribution in [0.25, 0.3) is 0 Å². The molecule has 0 spiro atoms. The first-order valence-corrected chi connectivity index (χ1v) is 7.83. The first kappa shape index (κ1) is 15.1.